The van der Waals surface area contributed by atoms with Gasteiger partial charge in [0.1, 0.15) is 0 Å². The first kappa shape index (κ1) is 7.26. The molecule has 0 saturated heterocycles. The lowest BCUT2D eigenvalue weighted by Crippen LogP contribution is -1.91. The van der Waals surface area contributed by atoms with Crippen LogP contribution in [0.1, 0.15) is 20.3 Å². The first-order chi connectivity index (χ1) is 4.79. The normalized spacial score (nSPS) is 28.6. The van der Waals surface area contributed by atoms with Crippen LogP contribution in [0.15, 0.2) is 28.9 Å². The van der Waals surface area contributed by atoms with Crippen molar-refractivity contribution in [3.8, 4) is 0 Å². The average molecular weight is 135 g/mol. The Bertz CT molecular complexity index is 187. The molecule has 0 aromatic rings. The second-order valence-corrected chi connectivity index (χ2v) is 2.76. The second-order valence-electron chi connectivity index (χ2n) is 2.76. The first-order valence-electron chi connectivity index (χ1n) is 3.64. The molecule has 0 N–H and O–H groups in total. The molecular weight excluding hydrogens is 122 g/mol. The van der Waals surface area contributed by atoms with Crippen molar-refractivity contribution in [2.75, 3.05) is 0 Å². The number of nitrogens with zero attached hydrogens (tertiary/aromatic N) is 1. The summed E-state index contributed by atoms with van der Waals surface area (Å²) in [5.74, 6) is 0.490. The zero-order valence-electron chi connectivity index (χ0n) is 6.54. The largest absolute Gasteiger partial charge is 0.269 e. The highest BCUT2D eigenvalue weighted by molar-refractivity contribution is 5.63. The molecule has 0 aromatic carbocycles. The van der Waals surface area contributed by atoms with Crippen LogP contribution in [-0.4, -0.2) is 6.21 Å². The smallest absolute Gasteiger partial charge is 0.0256 e. The van der Waals surface area contributed by atoms with Crippen LogP contribution < -0.4 is 0 Å². The minimum Gasteiger partial charge on any atom is -0.269 e. The monoisotopic (exact) mass is 135 g/mol. The topological polar surface area (TPSA) is 12.4 Å². The Morgan fingerprint density at radius 1 is 1.60 bits per heavy atom. The van der Waals surface area contributed by atoms with E-state index >= 15 is 0 Å². The van der Waals surface area contributed by atoms with Crippen LogP contribution in [0.5, 0.6) is 0 Å². The molecule has 0 saturated carbocycles. The zero-order valence-corrected chi connectivity index (χ0v) is 6.54. The average Bonchev–Trinajstić information content (AvgIpc) is 1.84. The molecule has 10 heavy (non-hydrogen) atoms. The van der Waals surface area contributed by atoms with Gasteiger partial charge >= 0.3 is 0 Å². The summed E-state index contributed by atoms with van der Waals surface area (Å²) in [6.45, 7) is 4.23. The van der Waals surface area contributed by atoms with Crippen molar-refractivity contribution in [2.45, 2.75) is 20.3 Å². The maximum atomic E-state index is 4.15. The molecule has 1 unspecified atom stereocenters. The SMILES string of the molecule is CC1=CN=CC(C)/C=C\C1. The third kappa shape index (κ3) is 2.18. The van der Waals surface area contributed by atoms with Gasteiger partial charge in [0.25, 0.3) is 0 Å². The lowest BCUT2D eigenvalue weighted by Gasteiger charge is -2.00. The van der Waals surface area contributed by atoms with E-state index in [1.54, 1.807) is 0 Å². The van der Waals surface area contributed by atoms with E-state index < -0.39 is 0 Å². The van der Waals surface area contributed by atoms with Crippen LogP contribution in [0, 0.1) is 5.92 Å². The predicted molar refractivity (Wildman–Crippen MR) is 45.2 cm³/mol. The van der Waals surface area contributed by atoms with Gasteiger partial charge in [-0.25, -0.2) is 0 Å². The van der Waals surface area contributed by atoms with Crippen molar-refractivity contribution in [3.63, 3.8) is 0 Å². The molecule has 1 aliphatic rings. The Morgan fingerprint density at radius 2 is 2.40 bits per heavy atom. The first-order valence-corrected chi connectivity index (χ1v) is 3.64. The molecule has 0 radical (unpaired) electrons. The van der Waals surface area contributed by atoms with Gasteiger partial charge in [0.2, 0.25) is 0 Å². The summed E-state index contributed by atoms with van der Waals surface area (Å²) in [6.07, 6.45) is 9.31. The van der Waals surface area contributed by atoms with Crippen LogP contribution in [-0.2, 0) is 0 Å². The highest BCUT2D eigenvalue weighted by Crippen LogP contribution is 2.06. The lowest BCUT2D eigenvalue weighted by molar-refractivity contribution is 0.997. The molecule has 1 nitrogen and oxygen atoms in total. The van der Waals surface area contributed by atoms with Crippen molar-refractivity contribution in [1.29, 1.82) is 0 Å². The molecule has 0 spiro atoms. The van der Waals surface area contributed by atoms with Crippen molar-refractivity contribution in [3.05, 3.63) is 23.9 Å². The highest BCUT2D eigenvalue weighted by atomic mass is 14.7. The predicted octanol–water partition coefficient (Wildman–Crippen LogP) is 2.56. The minimum atomic E-state index is 0.490. The quantitative estimate of drug-likeness (QED) is 0.453. The van der Waals surface area contributed by atoms with E-state index in [1.807, 2.05) is 12.4 Å². The summed E-state index contributed by atoms with van der Waals surface area (Å²) in [4.78, 5) is 4.15. The van der Waals surface area contributed by atoms with Gasteiger partial charge in [-0.1, -0.05) is 24.6 Å². The summed E-state index contributed by atoms with van der Waals surface area (Å²) in [5.41, 5.74) is 1.32. The van der Waals surface area contributed by atoms with Gasteiger partial charge in [0.05, 0.1) is 0 Å². The number of rotatable bonds is 0. The highest BCUT2D eigenvalue weighted by Gasteiger charge is 1.92. The molecular formula is C9H13N. The summed E-state index contributed by atoms with van der Waals surface area (Å²) in [5, 5.41) is 0. The molecule has 1 rings (SSSR count). The van der Waals surface area contributed by atoms with Crippen LogP contribution in [0.2, 0.25) is 0 Å². The molecule has 54 valence electrons. The zero-order chi connectivity index (χ0) is 7.40. The van der Waals surface area contributed by atoms with Gasteiger partial charge in [-0.05, 0) is 13.3 Å². The molecule has 1 aliphatic heterocycles. The van der Waals surface area contributed by atoms with Gasteiger partial charge in [-0.3, -0.25) is 4.99 Å². The van der Waals surface area contributed by atoms with E-state index in [1.165, 1.54) is 5.57 Å². The second kappa shape index (κ2) is 3.35. The van der Waals surface area contributed by atoms with E-state index in [0.29, 0.717) is 5.92 Å². The summed E-state index contributed by atoms with van der Waals surface area (Å²) >= 11 is 0. The molecule has 1 heteroatoms. The van der Waals surface area contributed by atoms with E-state index in [0.717, 1.165) is 6.42 Å². The molecule has 0 amide bonds. The molecule has 0 fully saturated rings. The molecule has 0 aliphatic carbocycles. The van der Waals surface area contributed by atoms with Gasteiger partial charge in [-0.2, -0.15) is 0 Å². The van der Waals surface area contributed by atoms with Crippen molar-refractivity contribution >= 4 is 6.21 Å². The van der Waals surface area contributed by atoms with Crippen LogP contribution in [0.4, 0.5) is 0 Å². The third-order valence-electron chi connectivity index (χ3n) is 1.50. The van der Waals surface area contributed by atoms with Crippen LogP contribution in [0.3, 0.4) is 0 Å². The van der Waals surface area contributed by atoms with Gasteiger partial charge in [0.15, 0.2) is 0 Å². The van der Waals surface area contributed by atoms with E-state index in [-0.39, 0.29) is 0 Å². The van der Waals surface area contributed by atoms with Crippen LogP contribution in [0.25, 0.3) is 0 Å². The van der Waals surface area contributed by atoms with Gasteiger partial charge < -0.3 is 0 Å². The Kier molecular flexibility index (Phi) is 2.43. The summed E-state index contributed by atoms with van der Waals surface area (Å²) in [7, 11) is 0. The van der Waals surface area contributed by atoms with E-state index in [9.17, 15) is 0 Å². The van der Waals surface area contributed by atoms with Crippen molar-refractivity contribution < 1.29 is 0 Å². The van der Waals surface area contributed by atoms with Gasteiger partial charge in [0, 0.05) is 18.3 Å². The Hall–Kier alpha value is -0.850. The number of allylic oxidation sites excluding steroid dienone is 3. The number of hydrogen-bond acceptors (Lipinski definition) is 1. The van der Waals surface area contributed by atoms with Gasteiger partial charge in [-0.15, -0.1) is 0 Å². The molecule has 1 atom stereocenters. The number of hydrogen-bond donors (Lipinski definition) is 0. The van der Waals surface area contributed by atoms with Crippen molar-refractivity contribution in [1.82, 2.24) is 0 Å². The molecule has 1 heterocycles. The third-order valence-corrected chi connectivity index (χ3v) is 1.50. The summed E-state index contributed by atoms with van der Waals surface area (Å²) < 4.78 is 0. The fourth-order valence-electron chi connectivity index (χ4n) is 0.877. The summed E-state index contributed by atoms with van der Waals surface area (Å²) in [6, 6.07) is 0. The minimum absolute atomic E-state index is 0.490. The Balaban J connectivity index is 2.70. The lowest BCUT2D eigenvalue weighted by atomic mass is 10.1. The molecule has 0 aromatic heterocycles. The standard InChI is InChI=1S/C9H13N/c1-8-4-3-5-9(2)7-10-6-8/h3-4,6-8H,5H2,1-2H3/b4-3-,9-7?,10-6?. The fraction of sp³-hybridized carbons (Fsp3) is 0.444. The van der Waals surface area contributed by atoms with Crippen molar-refractivity contribution in [2.24, 2.45) is 10.9 Å². The Morgan fingerprint density at radius 3 is 3.20 bits per heavy atom. The van der Waals surface area contributed by atoms with E-state index in [4.69, 9.17) is 0 Å². The van der Waals surface area contributed by atoms with E-state index in [2.05, 4.69) is 31.0 Å². The van der Waals surface area contributed by atoms with Crippen LogP contribution >= 0.6 is 0 Å². The molecule has 0 bridgehead atoms. The Labute approximate surface area is 62.2 Å². The maximum absolute atomic E-state index is 4.15. The maximum Gasteiger partial charge on any atom is 0.0256 e. The number of aliphatic imine (C=N–C) groups is 1. The fourth-order valence-corrected chi connectivity index (χ4v) is 0.877.